The van der Waals surface area contributed by atoms with E-state index in [2.05, 4.69) is 0 Å². The zero-order valence-electron chi connectivity index (χ0n) is 10.6. The van der Waals surface area contributed by atoms with Gasteiger partial charge in [-0.25, -0.2) is 0 Å². The number of ether oxygens (including phenoxy) is 1. The molecule has 3 unspecified atom stereocenters. The van der Waals surface area contributed by atoms with E-state index in [0.717, 1.165) is 38.7 Å². The minimum atomic E-state index is -0.705. The van der Waals surface area contributed by atoms with Crippen molar-refractivity contribution in [3.63, 3.8) is 0 Å². The van der Waals surface area contributed by atoms with Crippen LogP contribution in [0.15, 0.2) is 0 Å². The Morgan fingerprint density at radius 1 is 1.29 bits per heavy atom. The highest BCUT2D eigenvalue weighted by atomic mass is 16.5. The number of hydrogen-bond donors (Lipinski definition) is 2. The molecule has 0 spiro atoms. The Hall–Kier alpha value is -0.610. The average molecular weight is 244 g/mol. The van der Waals surface area contributed by atoms with E-state index < -0.39 is 5.97 Å². The molecule has 1 aliphatic rings. The molecule has 0 bridgehead atoms. The molecule has 0 aromatic rings. The summed E-state index contributed by atoms with van der Waals surface area (Å²) in [7, 11) is 0. The lowest BCUT2D eigenvalue weighted by atomic mass is 9.87. The number of carboxylic acid groups (broad SMARTS) is 1. The monoisotopic (exact) mass is 244 g/mol. The van der Waals surface area contributed by atoms with E-state index in [1.807, 2.05) is 6.92 Å². The summed E-state index contributed by atoms with van der Waals surface area (Å²) in [6.07, 6.45) is 5.03. The summed E-state index contributed by atoms with van der Waals surface area (Å²) in [5.74, 6) is 0.0619. The number of aliphatic hydroxyl groups is 1. The number of unbranched alkanes of at least 4 members (excludes halogenated alkanes) is 3. The highest BCUT2D eigenvalue weighted by molar-refractivity contribution is 5.66. The summed E-state index contributed by atoms with van der Waals surface area (Å²) in [6, 6.07) is 0. The Bertz CT molecular complexity index is 227. The second-order valence-corrected chi connectivity index (χ2v) is 5.05. The van der Waals surface area contributed by atoms with Crippen molar-refractivity contribution >= 4 is 5.97 Å². The van der Waals surface area contributed by atoms with Crippen LogP contribution in [0.1, 0.15) is 45.4 Å². The fourth-order valence-corrected chi connectivity index (χ4v) is 2.48. The Morgan fingerprint density at radius 3 is 2.65 bits per heavy atom. The van der Waals surface area contributed by atoms with Gasteiger partial charge in [-0.2, -0.15) is 0 Å². The van der Waals surface area contributed by atoms with Gasteiger partial charge in [-0.05, 0) is 25.7 Å². The lowest BCUT2D eigenvalue weighted by Crippen LogP contribution is -2.24. The van der Waals surface area contributed by atoms with Crippen LogP contribution in [0.2, 0.25) is 0 Å². The molecule has 3 atom stereocenters. The van der Waals surface area contributed by atoms with Gasteiger partial charge in [0.25, 0.3) is 0 Å². The van der Waals surface area contributed by atoms with E-state index >= 15 is 0 Å². The topological polar surface area (TPSA) is 66.8 Å². The summed E-state index contributed by atoms with van der Waals surface area (Å²) in [5.41, 5.74) is 0. The highest BCUT2D eigenvalue weighted by Gasteiger charge is 2.30. The molecule has 4 nitrogen and oxygen atoms in total. The van der Waals surface area contributed by atoms with Crippen LogP contribution in [0.5, 0.6) is 0 Å². The molecule has 1 fully saturated rings. The van der Waals surface area contributed by atoms with Crippen LogP contribution in [0, 0.1) is 11.8 Å². The van der Waals surface area contributed by atoms with E-state index in [1.165, 1.54) is 0 Å². The predicted octanol–water partition coefficient (Wildman–Crippen LogP) is 2.05. The molecule has 0 aromatic heterocycles. The van der Waals surface area contributed by atoms with Crippen molar-refractivity contribution in [2.24, 2.45) is 11.8 Å². The second kappa shape index (κ2) is 7.67. The minimum absolute atomic E-state index is 0.281. The zero-order chi connectivity index (χ0) is 12.7. The van der Waals surface area contributed by atoms with Crippen molar-refractivity contribution in [3.05, 3.63) is 0 Å². The fraction of sp³-hybridized carbons (Fsp3) is 0.923. The molecule has 4 heteroatoms. The molecule has 17 heavy (non-hydrogen) atoms. The van der Waals surface area contributed by atoms with Crippen molar-refractivity contribution in [2.45, 2.75) is 51.6 Å². The third-order valence-corrected chi connectivity index (χ3v) is 3.58. The molecule has 0 radical (unpaired) electrons. The van der Waals surface area contributed by atoms with Gasteiger partial charge in [0.2, 0.25) is 0 Å². The molecular formula is C13H24O4. The maximum absolute atomic E-state index is 10.3. The Kier molecular flexibility index (Phi) is 6.52. The molecule has 100 valence electrons. The lowest BCUT2D eigenvalue weighted by molar-refractivity contribution is -0.137. The van der Waals surface area contributed by atoms with E-state index in [4.69, 9.17) is 9.84 Å². The smallest absolute Gasteiger partial charge is 0.303 e. The van der Waals surface area contributed by atoms with E-state index in [1.54, 1.807) is 0 Å². The number of carbonyl (C=O) groups is 1. The standard InChI is InChI=1S/C13H24O4/c1-10(14)12-9-17-8-11(12)6-4-2-3-5-7-13(15)16/h10-12,14H,2-9H2,1H3,(H,15,16). The Morgan fingerprint density at radius 2 is 2.00 bits per heavy atom. The van der Waals surface area contributed by atoms with Gasteiger partial charge in [0.05, 0.1) is 12.7 Å². The van der Waals surface area contributed by atoms with Gasteiger partial charge < -0.3 is 14.9 Å². The quantitative estimate of drug-likeness (QED) is 0.641. The van der Waals surface area contributed by atoms with Crippen LogP contribution < -0.4 is 0 Å². The van der Waals surface area contributed by atoms with Gasteiger partial charge in [-0.1, -0.05) is 19.3 Å². The first-order valence-corrected chi connectivity index (χ1v) is 6.59. The van der Waals surface area contributed by atoms with Crippen LogP contribution in [0.4, 0.5) is 0 Å². The number of aliphatic carboxylic acids is 1. The average Bonchev–Trinajstić information content (AvgIpc) is 2.71. The van der Waals surface area contributed by atoms with Gasteiger partial charge in [0, 0.05) is 18.9 Å². The van der Waals surface area contributed by atoms with Gasteiger partial charge in [-0.15, -0.1) is 0 Å². The first kappa shape index (κ1) is 14.5. The second-order valence-electron chi connectivity index (χ2n) is 5.05. The summed E-state index contributed by atoms with van der Waals surface area (Å²) in [5, 5.41) is 18.1. The van der Waals surface area contributed by atoms with Crippen LogP contribution >= 0.6 is 0 Å². The van der Waals surface area contributed by atoms with Crippen molar-refractivity contribution in [1.29, 1.82) is 0 Å². The fourth-order valence-electron chi connectivity index (χ4n) is 2.48. The molecule has 0 aliphatic carbocycles. The molecule has 0 saturated carbocycles. The summed E-state index contributed by atoms with van der Waals surface area (Å²) >= 11 is 0. The summed E-state index contributed by atoms with van der Waals surface area (Å²) in [4.78, 5) is 10.3. The Labute approximate surface area is 103 Å². The summed E-state index contributed by atoms with van der Waals surface area (Å²) < 4.78 is 5.40. The van der Waals surface area contributed by atoms with Crippen molar-refractivity contribution in [2.75, 3.05) is 13.2 Å². The highest BCUT2D eigenvalue weighted by Crippen LogP contribution is 2.28. The van der Waals surface area contributed by atoms with E-state index in [9.17, 15) is 9.90 Å². The number of hydrogen-bond acceptors (Lipinski definition) is 3. The number of rotatable bonds is 8. The zero-order valence-corrected chi connectivity index (χ0v) is 10.6. The maximum Gasteiger partial charge on any atom is 0.303 e. The predicted molar refractivity (Wildman–Crippen MR) is 64.8 cm³/mol. The third-order valence-electron chi connectivity index (χ3n) is 3.58. The molecule has 1 saturated heterocycles. The van der Waals surface area contributed by atoms with Crippen molar-refractivity contribution < 1.29 is 19.7 Å². The van der Waals surface area contributed by atoms with Gasteiger partial charge in [0.15, 0.2) is 0 Å². The van der Waals surface area contributed by atoms with Crippen LogP contribution in [-0.2, 0) is 9.53 Å². The van der Waals surface area contributed by atoms with E-state index in [-0.39, 0.29) is 18.4 Å². The number of carboxylic acids is 1. The van der Waals surface area contributed by atoms with Gasteiger partial charge in [0.1, 0.15) is 0 Å². The first-order valence-electron chi connectivity index (χ1n) is 6.59. The molecule has 1 aliphatic heterocycles. The lowest BCUT2D eigenvalue weighted by Gasteiger charge is -2.19. The molecule has 2 N–H and O–H groups in total. The number of aliphatic hydroxyl groups excluding tert-OH is 1. The minimum Gasteiger partial charge on any atom is -0.481 e. The third kappa shape index (κ3) is 5.50. The maximum atomic E-state index is 10.3. The molecule has 1 heterocycles. The first-order chi connectivity index (χ1) is 8.11. The van der Waals surface area contributed by atoms with Gasteiger partial charge in [-0.3, -0.25) is 4.79 Å². The molecular weight excluding hydrogens is 220 g/mol. The Balaban J connectivity index is 2.04. The normalized spacial score (nSPS) is 26.0. The van der Waals surface area contributed by atoms with Crippen LogP contribution in [0.25, 0.3) is 0 Å². The van der Waals surface area contributed by atoms with Gasteiger partial charge >= 0.3 is 5.97 Å². The molecule has 0 aromatic carbocycles. The molecule has 0 amide bonds. The van der Waals surface area contributed by atoms with Crippen LogP contribution in [0.3, 0.4) is 0 Å². The van der Waals surface area contributed by atoms with Crippen LogP contribution in [-0.4, -0.2) is 35.5 Å². The summed E-state index contributed by atoms with van der Waals surface area (Å²) in [6.45, 7) is 3.28. The molecule has 1 rings (SSSR count). The largest absolute Gasteiger partial charge is 0.481 e. The SMILES string of the molecule is CC(O)C1COCC1CCCCCCC(=O)O. The van der Waals surface area contributed by atoms with E-state index in [0.29, 0.717) is 12.5 Å². The van der Waals surface area contributed by atoms with Crippen molar-refractivity contribution in [1.82, 2.24) is 0 Å². The van der Waals surface area contributed by atoms with Crippen molar-refractivity contribution in [3.8, 4) is 0 Å².